The lowest BCUT2D eigenvalue weighted by atomic mass is 10.2. The lowest BCUT2D eigenvalue weighted by Crippen LogP contribution is -2.30. The van der Waals surface area contributed by atoms with Gasteiger partial charge in [-0.15, -0.1) is 11.3 Å². The number of amides is 1. The number of thiazole rings is 1. The van der Waals surface area contributed by atoms with Crippen LogP contribution in [0.15, 0.2) is 22.8 Å². The highest BCUT2D eigenvalue weighted by Gasteiger charge is 2.18. The number of nitrogens with one attached hydrogen (secondary N) is 1. The van der Waals surface area contributed by atoms with Gasteiger partial charge in [-0.2, -0.15) is 0 Å². The summed E-state index contributed by atoms with van der Waals surface area (Å²) in [6.07, 6.45) is -0.0190. The Morgan fingerprint density at radius 2 is 2.29 bits per heavy atom. The van der Waals surface area contributed by atoms with Crippen molar-refractivity contribution in [2.24, 2.45) is 0 Å². The minimum absolute atomic E-state index is 0.0549. The van der Waals surface area contributed by atoms with Crippen LogP contribution in [0.5, 0.6) is 0 Å². The van der Waals surface area contributed by atoms with Gasteiger partial charge < -0.3 is 19.9 Å². The lowest BCUT2D eigenvalue weighted by Gasteiger charge is -2.06. The van der Waals surface area contributed by atoms with Crippen molar-refractivity contribution in [2.45, 2.75) is 19.4 Å². The number of carbonyl (C=O) groups is 2. The summed E-state index contributed by atoms with van der Waals surface area (Å²) in [6.45, 7) is 1.82. The fourth-order valence-electron chi connectivity index (χ4n) is 1.64. The maximum absolute atomic E-state index is 12.0. The average molecular weight is 310 g/mol. The number of rotatable bonds is 6. The largest absolute Gasteiger partial charge is 0.479 e. The standard InChI is InChI=1S/C13H14N2O5S/c1-7-10(11(17)14-5-4-8(16)13(18)19)15-12(21-7)9-3-2-6-20-9/h2-3,6,8,16H,4-5H2,1H3,(H,14,17)(H,18,19)/t8-/m0/s1. The Morgan fingerprint density at radius 3 is 2.90 bits per heavy atom. The van der Waals surface area contributed by atoms with Gasteiger partial charge in [0.2, 0.25) is 0 Å². The molecule has 0 unspecified atom stereocenters. The monoisotopic (exact) mass is 310 g/mol. The topological polar surface area (TPSA) is 113 Å². The van der Waals surface area contributed by atoms with Crippen LogP contribution in [0.3, 0.4) is 0 Å². The highest BCUT2D eigenvalue weighted by molar-refractivity contribution is 7.15. The number of hydrogen-bond donors (Lipinski definition) is 3. The van der Waals surface area contributed by atoms with Crippen molar-refractivity contribution in [3.05, 3.63) is 29.0 Å². The zero-order chi connectivity index (χ0) is 15.4. The molecule has 0 bridgehead atoms. The third-order valence-corrected chi connectivity index (χ3v) is 3.72. The molecule has 0 saturated heterocycles. The molecule has 0 aliphatic heterocycles. The summed E-state index contributed by atoms with van der Waals surface area (Å²) in [6, 6.07) is 3.49. The Morgan fingerprint density at radius 1 is 1.52 bits per heavy atom. The molecule has 0 saturated carbocycles. The molecule has 1 amide bonds. The first-order valence-electron chi connectivity index (χ1n) is 6.19. The van der Waals surface area contributed by atoms with E-state index in [1.807, 2.05) is 0 Å². The van der Waals surface area contributed by atoms with Gasteiger partial charge in [0, 0.05) is 17.8 Å². The summed E-state index contributed by atoms with van der Waals surface area (Å²) in [5.41, 5.74) is 0.274. The summed E-state index contributed by atoms with van der Waals surface area (Å²) in [4.78, 5) is 27.4. The highest BCUT2D eigenvalue weighted by atomic mass is 32.1. The Labute approximate surface area is 124 Å². The third-order valence-electron chi connectivity index (χ3n) is 2.73. The predicted octanol–water partition coefficient (Wildman–Crippen LogP) is 1.28. The summed E-state index contributed by atoms with van der Waals surface area (Å²) in [5.74, 6) is -1.13. The number of carboxylic acid groups (broad SMARTS) is 1. The SMILES string of the molecule is Cc1sc(-c2ccco2)nc1C(=O)NCC[C@H](O)C(=O)O. The fourth-order valence-corrected chi connectivity index (χ4v) is 2.52. The number of furan rings is 1. The molecule has 0 radical (unpaired) electrons. The summed E-state index contributed by atoms with van der Waals surface area (Å²) >= 11 is 1.34. The van der Waals surface area contributed by atoms with E-state index < -0.39 is 18.0 Å². The van der Waals surface area contributed by atoms with Gasteiger partial charge in [-0.1, -0.05) is 0 Å². The van der Waals surface area contributed by atoms with Crippen LogP contribution in [-0.2, 0) is 4.79 Å². The number of carboxylic acids is 1. The van der Waals surface area contributed by atoms with Gasteiger partial charge in [-0.25, -0.2) is 9.78 Å². The van der Waals surface area contributed by atoms with Gasteiger partial charge in [-0.3, -0.25) is 4.79 Å². The Bertz CT molecular complexity index is 635. The van der Waals surface area contributed by atoms with Crippen molar-refractivity contribution in [1.29, 1.82) is 0 Å². The van der Waals surface area contributed by atoms with E-state index in [2.05, 4.69) is 10.3 Å². The average Bonchev–Trinajstić information content (AvgIpc) is 3.07. The molecule has 21 heavy (non-hydrogen) atoms. The molecule has 0 aliphatic rings. The van der Waals surface area contributed by atoms with Crippen LogP contribution in [0.1, 0.15) is 21.8 Å². The molecule has 0 fully saturated rings. The maximum atomic E-state index is 12.0. The number of aryl methyl sites for hydroxylation is 1. The molecule has 2 aromatic rings. The van der Waals surface area contributed by atoms with Crippen molar-refractivity contribution >= 4 is 23.2 Å². The number of aliphatic hydroxyl groups excluding tert-OH is 1. The zero-order valence-corrected chi connectivity index (χ0v) is 12.0. The van der Waals surface area contributed by atoms with Crippen LogP contribution in [0.4, 0.5) is 0 Å². The quantitative estimate of drug-likeness (QED) is 0.741. The molecule has 2 heterocycles. The second-order valence-electron chi connectivity index (χ2n) is 4.30. The fraction of sp³-hybridized carbons (Fsp3) is 0.308. The van der Waals surface area contributed by atoms with Crippen molar-refractivity contribution in [3.63, 3.8) is 0 Å². The van der Waals surface area contributed by atoms with E-state index in [0.29, 0.717) is 10.8 Å². The second kappa shape index (κ2) is 6.51. The summed E-state index contributed by atoms with van der Waals surface area (Å²) in [7, 11) is 0. The molecule has 0 spiro atoms. The summed E-state index contributed by atoms with van der Waals surface area (Å²) < 4.78 is 5.22. The predicted molar refractivity (Wildman–Crippen MR) is 75.1 cm³/mol. The van der Waals surface area contributed by atoms with Crippen molar-refractivity contribution in [1.82, 2.24) is 10.3 Å². The molecule has 3 N–H and O–H groups in total. The first-order chi connectivity index (χ1) is 9.99. The molecule has 2 rings (SSSR count). The maximum Gasteiger partial charge on any atom is 0.332 e. The Hall–Kier alpha value is -2.19. The van der Waals surface area contributed by atoms with E-state index in [9.17, 15) is 9.59 Å². The van der Waals surface area contributed by atoms with Crippen LogP contribution in [0.2, 0.25) is 0 Å². The third kappa shape index (κ3) is 3.67. The van der Waals surface area contributed by atoms with Crippen LogP contribution in [-0.4, -0.2) is 39.7 Å². The van der Waals surface area contributed by atoms with E-state index in [1.54, 1.807) is 19.1 Å². The zero-order valence-electron chi connectivity index (χ0n) is 11.2. The first kappa shape index (κ1) is 15.2. The van der Waals surface area contributed by atoms with Crippen LogP contribution >= 0.6 is 11.3 Å². The van der Waals surface area contributed by atoms with Crippen LogP contribution in [0, 0.1) is 6.92 Å². The molecule has 0 aromatic carbocycles. The van der Waals surface area contributed by atoms with Gasteiger partial charge in [0.25, 0.3) is 5.91 Å². The number of aliphatic carboxylic acids is 1. The molecule has 112 valence electrons. The van der Waals surface area contributed by atoms with Gasteiger partial charge in [0.15, 0.2) is 16.9 Å². The van der Waals surface area contributed by atoms with Crippen molar-refractivity contribution in [3.8, 4) is 10.8 Å². The molecule has 0 aliphatic carbocycles. The van der Waals surface area contributed by atoms with E-state index >= 15 is 0 Å². The number of carbonyl (C=O) groups excluding carboxylic acids is 1. The number of hydrogen-bond acceptors (Lipinski definition) is 6. The van der Waals surface area contributed by atoms with Crippen molar-refractivity contribution < 1.29 is 24.2 Å². The van der Waals surface area contributed by atoms with Gasteiger partial charge >= 0.3 is 5.97 Å². The van der Waals surface area contributed by atoms with Gasteiger partial charge in [-0.05, 0) is 19.1 Å². The van der Waals surface area contributed by atoms with E-state index in [-0.39, 0.29) is 18.7 Å². The second-order valence-corrected chi connectivity index (χ2v) is 5.50. The number of aromatic nitrogens is 1. The molecule has 8 heteroatoms. The molecule has 1 atom stereocenters. The van der Waals surface area contributed by atoms with Gasteiger partial charge in [0.1, 0.15) is 5.69 Å². The number of aliphatic hydroxyl groups is 1. The smallest absolute Gasteiger partial charge is 0.332 e. The molecule has 2 aromatic heterocycles. The minimum atomic E-state index is -1.49. The normalized spacial score (nSPS) is 12.1. The molecular weight excluding hydrogens is 296 g/mol. The van der Waals surface area contributed by atoms with Gasteiger partial charge in [0.05, 0.1) is 6.26 Å². The number of nitrogens with zero attached hydrogens (tertiary/aromatic N) is 1. The van der Waals surface area contributed by atoms with Crippen LogP contribution in [0.25, 0.3) is 10.8 Å². The molecule has 7 nitrogen and oxygen atoms in total. The highest BCUT2D eigenvalue weighted by Crippen LogP contribution is 2.27. The Balaban J connectivity index is 1.98. The van der Waals surface area contributed by atoms with E-state index in [1.165, 1.54) is 17.6 Å². The summed E-state index contributed by atoms with van der Waals surface area (Å²) in [5, 5.41) is 20.8. The van der Waals surface area contributed by atoms with E-state index in [4.69, 9.17) is 14.6 Å². The van der Waals surface area contributed by atoms with Crippen LogP contribution < -0.4 is 5.32 Å². The molecular formula is C13H14N2O5S. The van der Waals surface area contributed by atoms with E-state index in [0.717, 1.165) is 4.88 Å². The lowest BCUT2D eigenvalue weighted by molar-refractivity contribution is -0.146. The Kier molecular flexibility index (Phi) is 4.71. The van der Waals surface area contributed by atoms with Crippen molar-refractivity contribution in [2.75, 3.05) is 6.54 Å². The first-order valence-corrected chi connectivity index (χ1v) is 7.01. The minimum Gasteiger partial charge on any atom is -0.479 e.